The topological polar surface area (TPSA) is 70.8 Å². The van der Waals surface area contributed by atoms with Crippen LogP contribution in [0, 0.1) is 6.92 Å². The van der Waals surface area contributed by atoms with Gasteiger partial charge in [0.1, 0.15) is 5.58 Å². The highest BCUT2D eigenvalue weighted by Crippen LogP contribution is 2.26. The molecule has 0 radical (unpaired) electrons. The van der Waals surface area contributed by atoms with Gasteiger partial charge in [0.2, 0.25) is 0 Å². The molecule has 1 N–H and O–H groups in total. The summed E-state index contributed by atoms with van der Waals surface area (Å²) >= 11 is 0. The fourth-order valence-corrected chi connectivity index (χ4v) is 2.93. The highest BCUT2D eigenvalue weighted by Gasteiger charge is 2.32. The van der Waals surface area contributed by atoms with E-state index in [0.717, 1.165) is 23.8 Å². The van der Waals surface area contributed by atoms with Crippen molar-refractivity contribution >= 4 is 22.8 Å². The average Bonchev–Trinajstić information content (AvgIpc) is 3.03. The molecule has 110 valence electrons. The molecule has 0 saturated carbocycles. The first-order valence-electron chi connectivity index (χ1n) is 7.07. The number of aliphatic carboxylic acids is 1. The molecular formula is C16H17NO4. The maximum Gasteiger partial charge on any atom is 0.305 e. The van der Waals surface area contributed by atoms with Crippen LogP contribution in [0.1, 0.15) is 35.4 Å². The molecule has 21 heavy (non-hydrogen) atoms. The smallest absolute Gasteiger partial charge is 0.305 e. The van der Waals surface area contributed by atoms with Crippen LogP contribution in [-0.2, 0) is 4.79 Å². The Morgan fingerprint density at radius 2 is 2.19 bits per heavy atom. The predicted octanol–water partition coefficient (Wildman–Crippen LogP) is 2.82. The summed E-state index contributed by atoms with van der Waals surface area (Å²) in [4.78, 5) is 25.0. The first-order chi connectivity index (χ1) is 10.0. The number of carbonyl (C=O) groups is 2. The van der Waals surface area contributed by atoms with Crippen molar-refractivity contribution in [1.82, 2.24) is 4.90 Å². The van der Waals surface area contributed by atoms with Crippen molar-refractivity contribution in [3.63, 3.8) is 0 Å². The van der Waals surface area contributed by atoms with E-state index in [2.05, 4.69) is 0 Å². The van der Waals surface area contributed by atoms with Crippen LogP contribution in [0.2, 0.25) is 0 Å². The van der Waals surface area contributed by atoms with Crippen LogP contribution in [0.4, 0.5) is 0 Å². The zero-order valence-electron chi connectivity index (χ0n) is 11.8. The first kappa shape index (κ1) is 13.7. The van der Waals surface area contributed by atoms with Crippen LogP contribution in [0.5, 0.6) is 0 Å². The monoisotopic (exact) mass is 287 g/mol. The van der Waals surface area contributed by atoms with E-state index in [1.165, 1.54) is 0 Å². The van der Waals surface area contributed by atoms with Crippen LogP contribution in [0.15, 0.2) is 28.7 Å². The number of hydrogen-bond acceptors (Lipinski definition) is 3. The van der Waals surface area contributed by atoms with Gasteiger partial charge in [0.15, 0.2) is 5.76 Å². The number of likely N-dealkylation sites (tertiary alicyclic amines) is 1. The Bertz CT molecular complexity index is 703. The fourth-order valence-electron chi connectivity index (χ4n) is 2.93. The van der Waals surface area contributed by atoms with E-state index in [1.807, 2.05) is 25.1 Å². The van der Waals surface area contributed by atoms with Gasteiger partial charge in [-0.25, -0.2) is 0 Å². The number of benzene rings is 1. The number of aryl methyl sites for hydroxylation is 1. The van der Waals surface area contributed by atoms with Crippen molar-refractivity contribution in [1.29, 1.82) is 0 Å². The summed E-state index contributed by atoms with van der Waals surface area (Å²) in [6.45, 7) is 2.57. The Hall–Kier alpha value is -2.30. The van der Waals surface area contributed by atoms with Crippen LogP contribution < -0.4 is 0 Å². The molecule has 1 aliphatic heterocycles. The molecule has 1 aromatic heterocycles. The lowest BCUT2D eigenvalue weighted by Gasteiger charge is -2.22. The molecule has 1 aliphatic rings. The maximum atomic E-state index is 12.5. The first-order valence-corrected chi connectivity index (χ1v) is 7.07. The van der Waals surface area contributed by atoms with Gasteiger partial charge < -0.3 is 14.4 Å². The summed E-state index contributed by atoms with van der Waals surface area (Å²) in [6, 6.07) is 7.25. The van der Waals surface area contributed by atoms with Crippen LogP contribution in [0.25, 0.3) is 11.0 Å². The fraction of sp³-hybridized carbons (Fsp3) is 0.375. The summed E-state index contributed by atoms with van der Waals surface area (Å²) in [5.41, 5.74) is 1.78. The Balaban J connectivity index is 1.87. The average molecular weight is 287 g/mol. The van der Waals surface area contributed by atoms with Crippen molar-refractivity contribution in [2.45, 2.75) is 32.2 Å². The summed E-state index contributed by atoms with van der Waals surface area (Å²) < 4.78 is 5.61. The highest BCUT2D eigenvalue weighted by molar-refractivity contribution is 5.96. The van der Waals surface area contributed by atoms with E-state index in [4.69, 9.17) is 9.52 Å². The highest BCUT2D eigenvalue weighted by atomic mass is 16.4. The molecule has 1 amide bonds. The van der Waals surface area contributed by atoms with E-state index in [0.29, 0.717) is 12.1 Å². The number of nitrogens with zero attached hydrogens (tertiary/aromatic N) is 1. The van der Waals surface area contributed by atoms with Gasteiger partial charge in [-0.3, -0.25) is 9.59 Å². The summed E-state index contributed by atoms with van der Waals surface area (Å²) in [7, 11) is 0. The number of hydrogen-bond donors (Lipinski definition) is 1. The second-order valence-corrected chi connectivity index (χ2v) is 5.54. The van der Waals surface area contributed by atoms with E-state index >= 15 is 0 Å². The Kier molecular flexibility index (Phi) is 3.41. The van der Waals surface area contributed by atoms with Crippen LogP contribution in [-0.4, -0.2) is 34.5 Å². The molecule has 5 nitrogen and oxygen atoms in total. The van der Waals surface area contributed by atoms with Crippen molar-refractivity contribution in [2.24, 2.45) is 0 Å². The lowest BCUT2D eigenvalue weighted by atomic mass is 10.1. The maximum absolute atomic E-state index is 12.5. The predicted molar refractivity (Wildman–Crippen MR) is 77.3 cm³/mol. The van der Waals surface area contributed by atoms with Crippen molar-refractivity contribution < 1.29 is 19.1 Å². The minimum absolute atomic E-state index is 0.00885. The molecule has 5 heteroatoms. The quantitative estimate of drug-likeness (QED) is 0.942. The zero-order chi connectivity index (χ0) is 15.0. The van der Waals surface area contributed by atoms with E-state index < -0.39 is 5.97 Å². The molecule has 3 rings (SSSR count). The number of furan rings is 1. The Labute approximate surface area is 122 Å². The third kappa shape index (κ3) is 2.63. The van der Waals surface area contributed by atoms with E-state index in [1.54, 1.807) is 11.0 Å². The van der Waals surface area contributed by atoms with Crippen molar-refractivity contribution in [3.05, 3.63) is 35.6 Å². The Morgan fingerprint density at radius 3 is 2.95 bits per heavy atom. The van der Waals surface area contributed by atoms with Gasteiger partial charge in [-0.1, -0.05) is 11.6 Å². The second-order valence-electron chi connectivity index (χ2n) is 5.54. The van der Waals surface area contributed by atoms with Gasteiger partial charge in [0.25, 0.3) is 5.91 Å². The summed E-state index contributed by atoms with van der Waals surface area (Å²) in [5, 5.41) is 9.82. The summed E-state index contributed by atoms with van der Waals surface area (Å²) in [6.07, 6.45) is 1.56. The van der Waals surface area contributed by atoms with Gasteiger partial charge in [0.05, 0.1) is 6.42 Å². The largest absolute Gasteiger partial charge is 0.481 e. The number of rotatable bonds is 3. The third-order valence-electron chi connectivity index (χ3n) is 3.93. The zero-order valence-corrected chi connectivity index (χ0v) is 11.8. The molecule has 0 spiro atoms. The van der Waals surface area contributed by atoms with Crippen LogP contribution >= 0.6 is 0 Å². The number of carboxylic acid groups (broad SMARTS) is 1. The van der Waals surface area contributed by atoms with E-state index in [9.17, 15) is 9.59 Å². The SMILES string of the molecule is Cc1ccc2oc(C(=O)N3CCCC3CC(=O)O)cc2c1. The number of amides is 1. The molecule has 0 aliphatic carbocycles. The second kappa shape index (κ2) is 5.24. The molecular weight excluding hydrogens is 270 g/mol. The number of carboxylic acids is 1. The molecule has 2 aromatic rings. The third-order valence-corrected chi connectivity index (χ3v) is 3.93. The molecule has 2 heterocycles. The number of fused-ring (bicyclic) bond motifs is 1. The molecule has 0 bridgehead atoms. The number of carbonyl (C=O) groups excluding carboxylic acids is 1. The normalized spacial score (nSPS) is 18.3. The standard InChI is InChI=1S/C16H17NO4/c1-10-4-5-13-11(7-10)8-14(21-13)16(20)17-6-2-3-12(17)9-15(18)19/h4-5,7-8,12H,2-3,6,9H2,1H3,(H,18,19). The lowest BCUT2D eigenvalue weighted by molar-refractivity contribution is -0.137. The molecule has 1 aromatic carbocycles. The van der Waals surface area contributed by atoms with Gasteiger partial charge in [0, 0.05) is 18.0 Å². The molecule has 1 atom stereocenters. The van der Waals surface area contributed by atoms with Gasteiger partial charge in [-0.15, -0.1) is 0 Å². The van der Waals surface area contributed by atoms with Gasteiger partial charge in [-0.2, -0.15) is 0 Å². The van der Waals surface area contributed by atoms with Crippen LogP contribution in [0.3, 0.4) is 0 Å². The summed E-state index contributed by atoms with van der Waals surface area (Å²) in [5.74, 6) is -0.805. The van der Waals surface area contributed by atoms with Gasteiger partial charge in [-0.05, 0) is 38.0 Å². The van der Waals surface area contributed by atoms with Crippen molar-refractivity contribution in [3.8, 4) is 0 Å². The van der Waals surface area contributed by atoms with Gasteiger partial charge >= 0.3 is 5.97 Å². The molecule has 1 saturated heterocycles. The lowest BCUT2D eigenvalue weighted by Crippen LogP contribution is -2.36. The molecule has 1 fully saturated rings. The Morgan fingerprint density at radius 1 is 1.38 bits per heavy atom. The van der Waals surface area contributed by atoms with Crippen molar-refractivity contribution in [2.75, 3.05) is 6.54 Å². The molecule has 1 unspecified atom stereocenters. The minimum atomic E-state index is -0.875. The minimum Gasteiger partial charge on any atom is -0.481 e. The van der Waals surface area contributed by atoms with E-state index in [-0.39, 0.29) is 24.1 Å².